The van der Waals surface area contributed by atoms with Gasteiger partial charge in [-0.1, -0.05) is 18.2 Å². The highest BCUT2D eigenvalue weighted by atomic mass is 16.5. The molecule has 2 rings (SSSR count). The molecule has 2 aromatic rings. The van der Waals surface area contributed by atoms with Gasteiger partial charge in [0.15, 0.2) is 0 Å². The van der Waals surface area contributed by atoms with Crippen molar-refractivity contribution in [1.82, 2.24) is 5.32 Å². The lowest BCUT2D eigenvalue weighted by atomic mass is 10.1. The molecule has 0 aliphatic heterocycles. The van der Waals surface area contributed by atoms with E-state index in [1.54, 1.807) is 55.6 Å². The number of carbonyl (C=O) groups excluding carboxylic acids is 2. The highest BCUT2D eigenvalue weighted by molar-refractivity contribution is 6.09. The zero-order chi connectivity index (χ0) is 16.8. The number of benzene rings is 2. The summed E-state index contributed by atoms with van der Waals surface area (Å²) in [5.74, 6) is 0.0839. The van der Waals surface area contributed by atoms with Crippen LogP contribution in [0.2, 0.25) is 0 Å². The standard InChI is InChI=1S/C18H20N2O3/c1-12(2)23-14-8-6-7-13(11-14)17(21)20-16-10-5-4-9-15(16)18(22)19-3/h4-12H,1-3H3,(H,19,22)(H,20,21). The molecular formula is C18H20N2O3. The monoisotopic (exact) mass is 312 g/mol. The molecular weight excluding hydrogens is 292 g/mol. The van der Waals surface area contributed by atoms with E-state index in [1.807, 2.05) is 13.8 Å². The van der Waals surface area contributed by atoms with Gasteiger partial charge in [0.1, 0.15) is 5.75 Å². The van der Waals surface area contributed by atoms with Gasteiger partial charge in [-0.3, -0.25) is 9.59 Å². The molecule has 0 fully saturated rings. The normalized spacial score (nSPS) is 10.3. The molecule has 0 radical (unpaired) electrons. The first-order chi connectivity index (χ1) is 11.0. The van der Waals surface area contributed by atoms with Crippen molar-refractivity contribution in [3.63, 3.8) is 0 Å². The van der Waals surface area contributed by atoms with Gasteiger partial charge in [0.25, 0.3) is 11.8 Å². The first kappa shape index (κ1) is 16.5. The average molecular weight is 312 g/mol. The first-order valence-electron chi connectivity index (χ1n) is 7.40. The minimum atomic E-state index is -0.296. The predicted octanol–water partition coefficient (Wildman–Crippen LogP) is 3.09. The molecule has 23 heavy (non-hydrogen) atoms. The molecule has 2 N–H and O–H groups in total. The summed E-state index contributed by atoms with van der Waals surface area (Å²) in [7, 11) is 1.55. The summed E-state index contributed by atoms with van der Waals surface area (Å²) in [6.07, 6.45) is 0.0299. The van der Waals surface area contributed by atoms with Crippen LogP contribution in [0.1, 0.15) is 34.6 Å². The zero-order valence-corrected chi connectivity index (χ0v) is 13.4. The maximum atomic E-state index is 12.4. The Hall–Kier alpha value is -2.82. The van der Waals surface area contributed by atoms with Crippen molar-refractivity contribution in [1.29, 1.82) is 0 Å². The number of amides is 2. The molecule has 0 aliphatic carbocycles. The van der Waals surface area contributed by atoms with Gasteiger partial charge in [-0.05, 0) is 44.2 Å². The molecule has 0 saturated carbocycles. The highest BCUT2D eigenvalue weighted by Crippen LogP contribution is 2.19. The highest BCUT2D eigenvalue weighted by Gasteiger charge is 2.13. The molecule has 5 heteroatoms. The molecule has 0 heterocycles. The van der Waals surface area contributed by atoms with Crippen LogP contribution in [-0.2, 0) is 0 Å². The van der Waals surface area contributed by atoms with Gasteiger partial charge >= 0.3 is 0 Å². The Kier molecular flexibility index (Phi) is 5.36. The van der Waals surface area contributed by atoms with E-state index in [4.69, 9.17) is 4.74 Å². The molecule has 0 bridgehead atoms. The van der Waals surface area contributed by atoms with Crippen LogP contribution >= 0.6 is 0 Å². The van der Waals surface area contributed by atoms with Crippen molar-refractivity contribution >= 4 is 17.5 Å². The summed E-state index contributed by atoms with van der Waals surface area (Å²) in [5.41, 5.74) is 1.35. The Morgan fingerprint density at radius 2 is 1.74 bits per heavy atom. The van der Waals surface area contributed by atoms with E-state index in [-0.39, 0.29) is 17.9 Å². The van der Waals surface area contributed by atoms with E-state index in [2.05, 4.69) is 10.6 Å². The average Bonchev–Trinajstić information content (AvgIpc) is 2.54. The van der Waals surface area contributed by atoms with Gasteiger partial charge in [-0.15, -0.1) is 0 Å². The number of hydrogen-bond donors (Lipinski definition) is 2. The molecule has 0 unspecified atom stereocenters. The number of anilines is 1. The number of carbonyl (C=O) groups is 2. The summed E-state index contributed by atoms with van der Waals surface area (Å²) >= 11 is 0. The fraction of sp³-hybridized carbons (Fsp3) is 0.222. The third-order valence-electron chi connectivity index (χ3n) is 3.11. The first-order valence-corrected chi connectivity index (χ1v) is 7.40. The second kappa shape index (κ2) is 7.45. The summed E-state index contributed by atoms with van der Waals surface area (Å²) < 4.78 is 5.59. The van der Waals surface area contributed by atoms with Gasteiger partial charge in [0, 0.05) is 12.6 Å². The van der Waals surface area contributed by atoms with Crippen LogP contribution in [0.15, 0.2) is 48.5 Å². The van der Waals surface area contributed by atoms with Crippen molar-refractivity contribution in [3.8, 4) is 5.75 Å². The topological polar surface area (TPSA) is 67.4 Å². The maximum Gasteiger partial charge on any atom is 0.255 e. The van der Waals surface area contributed by atoms with Crippen molar-refractivity contribution < 1.29 is 14.3 Å². The van der Waals surface area contributed by atoms with Gasteiger partial charge in [0.2, 0.25) is 0 Å². The Balaban J connectivity index is 2.21. The van der Waals surface area contributed by atoms with Crippen LogP contribution < -0.4 is 15.4 Å². The second-order valence-corrected chi connectivity index (χ2v) is 5.27. The van der Waals surface area contributed by atoms with E-state index in [9.17, 15) is 9.59 Å². The quantitative estimate of drug-likeness (QED) is 0.891. The minimum absolute atomic E-state index is 0.0299. The van der Waals surface area contributed by atoms with Crippen LogP contribution in [0.25, 0.3) is 0 Å². The largest absolute Gasteiger partial charge is 0.491 e. The SMILES string of the molecule is CNC(=O)c1ccccc1NC(=O)c1cccc(OC(C)C)c1. The minimum Gasteiger partial charge on any atom is -0.491 e. The van der Waals surface area contributed by atoms with Crippen LogP contribution in [-0.4, -0.2) is 25.0 Å². The molecule has 2 aromatic carbocycles. The third-order valence-corrected chi connectivity index (χ3v) is 3.11. The Labute approximate surface area is 135 Å². The Morgan fingerprint density at radius 1 is 1.00 bits per heavy atom. The molecule has 0 spiro atoms. The number of nitrogens with one attached hydrogen (secondary N) is 2. The lowest BCUT2D eigenvalue weighted by Crippen LogP contribution is -2.21. The molecule has 2 amide bonds. The Morgan fingerprint density at radius 3 is 2.43 bits per heavy atom. The van der Waals surface area contributed by atoms with Gasteiger partial charge in [0.05, 0.1) is 17.4 Å². The fourth-order valence-corrected chi connectivity index (χ4v) is 2.10. The number of rotatable bonds is 5. The molecule has 0 aliphatic rings. The van der Waals surface area contributed by atoms with E-state index in [1.165, 1.54) is 0 Å². The van der Waals surface area contributed by atoms with Crippen molar-refractivity contribution in [3.05, 3.63) is 59.7 Å². The molecule has 120 valence electrons. The van der Waals surface area contributed by atoms with E-state index >= 15 is 0 Å². The maximum absolute atomic E-state index is 12.4. The van der Waals surface area contributed by atoms with E-state index in [0.29, 0.717) is 22.6 Å². The summed E-state index contributed by atoms with van der Waals surface area (Å²) in [6, 6.07) is 13.8. The van der Waals surface area contributed by atoms with Gasteiger partial charge < -0.3 is 15.4 Å². The van der Waals surface area contributed by atoms with E-state index < -0.39 is 0 Å². The predicted molar refractivity (Wildman–Crippen MR) is 90.0 cm³/mol. The zero-order valence-electron chi connectivity index (χ0n) is 13.4. The smallest absolute Gasteiger partial charge is 0.255 e. The third kappa shape index (κ3) is 4.32. The summed E-state index contributed by atoms with van der Waals surface area (Å²) in [6.45, 7) is 3.85. The Bertz CT molecular complexity index is 711. The van der Waals surface area contributed by atoms with Crippen molar-refractivity contribution in [2.24, 2.45) is 0 Å². The van der Waals surface area contributed by atoms with Crippen molar-refractivity contribution in [2.45, 2.75) is 20.0 Å². The number of hydrogen-bond acceptors (Lipinski definition) is 3. The lowest BCUT2D eigenvalue weighted by Gasteiger charge is -2.12. The fourth-order valence-electron chi connectivity index (χ4n) is 2.10. The van der Waals surface area contributed by atoms with Crippen molar-refractivity contribution in [2.75, 3.05) is 12.4 Å². The number of ether oxygens (including phenoxy) is 1. The van der Waals surface area contributed by atoms with E-state index in [0.717, 1.165) is 0 Å². The van der Waals surface area contributed by atoms with Gasteiger partial charge in [-0.2, -0.15) is 0 Å². The molecule has 0 saturated heterocycles. The molecule has 0 aromatic heterocycles. The molecule has 5 nitrogen and oxygen atoms in total. The van der Waals surface area contributed by atoms with Crippen LogP contribution in [0.3, 0.4) is 0 Å². The molecule has 0 atom stereocenters. The van der Waals surface area contributed by atoms with Crippen LogP contribution in [0.4, 0.5) is 5.69 Å². The van der Waals surface area contributed by atoms with Crippen LogP contribution in [0.5, 0.6) is 5.75 Å². The summed E-state index contributed by atoms with van der Waals surface area (Å²) in [4.78, 5) is 24.3. The lowest BCUT2D eigenvalue weighted by molar-refractivity contribution is 0.0964. The summed E-state index contributed by atoms with van der Waals surface area (Å²) in [5, 5.41) is 5.32. The second-order valence-electron chi connectivity index (χ2n) is 5.27. The number of para-hydroxylation sites is 1. The van der Waals surface area contributed by atoms with Crippen LogP contribution in [0, 0.1) is 0 Å². The van der Waals surface area contributed by atoms with Gasteiger partial charge in [-0.25, -0.2) is 0 Å².